The van der Waals surface area contributed by atoms with Crippen LogP contribution in [0, 0.1) is 0 Å². The average molecular weight is 299 g/mol. The molecule has 1 fully saturated rings. The summed E-state index contributed by atoms with van der Waals surface area (Å²) in [5.74, 6) is 0. The van der Waals surface area contributed by atoms with Crippen LogP contribution in [0.3, 0.4) is 0 Å². The van der Waals surface area contributed by atoms with Crippen molar-refractivity contribution in [2.75, 3.05) is 26.7 Å². The number of hydrogen-bond acceptors (Lipinski definition) is 3. The van der Waals surface area contributed by atoms with E-state index in [9.17, 15) is 0 Å². The van der Waals surface area contributed by atoms with E-state index in [1.807, 2.05) is 7.11 Å². The van der Waals surface area contributed by atoms with Crippen LogP contribution in [0.4, 0.5) is 0 Å². The molecule has 1 rings (SSSR count). The van der Waals surface area contributed by atoms with Crippen LogP contribution in [-0.4, -0.2) is 48.8 Å². The van der Waals surface area contributed by atoms with E-state index < -0.39 is 0 Å². The summed E-state index contributed by atoms with van der Waals surface area (Å²) in [5.41, 5.74) is 0.187. The third-order valence-corrected chi connectivity index (χ3v) is 5.31. The second kappa shape index (κ2) is 8.50. The second-order valence-corrected chi connectivity index (χ2v) is 7.67. The van der Waals surface area contributed by atoms with Crippen molar-refractivity contribution in [3.63, 3.8) is 0 Å². The molecule has 1 aliphatic rings. The molecule has 0 saturated carbocycles. The maximum absolute atomic E-state index is 5.60. The van der Waals surface area contributed by atoms with E-state index in [0.717, 1.165) is 19.4 Å². The van der Waals surface area contributed by atoms with Gasteiger partial charge in [-0.3, -0.25) is 4.90 Å². The Hall–Kier alpha value is -0.120. The van der Waals surface area contributed by atoms with E-state index in [4.69, 9.17) is 4.74 Å². The lowest BCUT2D eigenvalue weighted by atomic mass is 9.85. The van der Waals surface area contributed by atoms with E-state index in [0.29, 0.717) is 6.04 Å². The van der Waals surface area contributed by atoms with E-state index in [2.05, 4.69) is 44.8 Å². The van der Waals surface area contributed by atoms with Crippen LogP contribution in [0.1, 0.15) is 73.1 Å². The Kier molecular flexibility index (Phi) is 7.66. The highest BCUT2D eigenvalue weighted by molar-refractivity contribution is 4.95. The highest BCUT2D eigenvalue weighted by Crippen LogP contribution is 2.28. The first-order chi connectivity index (χ1) is 9.83. The van der Waals surface area contributed by atoms with Gasteiger partial charge in [0.15, 0.2) is 0 Å². The van der Waals surface area contributed by atoms with Crippen LogP contribution < -0.4 is 5.32 Å². The molecule has 1 atom stereocenters. The van der Waals surface area contributed by atoms with Crippen LogP contribution in [-0.2, 0) is 4.74 Å². The Balaban J connectivity index is 2.71. The number of nitrogens with one attached hydrogen (secondary N) is 1. The van der Waals surface area contributed by atoms with Gasteiger partial charge in [0.2, 0.25) is 0 Å². The minimum absolute atomic E-state index is 0.0253. The van der Waals surface area contributed by atoms with Gasteiger partial charge in [0.1, 0.15) is 0 Å². The van der Waals surface area contributed by atoms with E-state index >= 15 is 0 Å². The second-order valence-electron chi connectivity index (χ2n) is 7.67. The SMILES string of the molecule is CCNC(CCC(C)(C)OC)C(C)(C)N1CCCCCC1. The molecule has 0 bridgehead atoms. The van der Waals surface area contributed by atoms with Gasteiger partial charge in [-0.05, 0) is 73.0 Å². The first-order valence-corrected chi connectivity index (χ1v) is 8.87. The van der Waals surface area contributed by atoms with Crippen LogP contribution in [0.2, 0.25) is 0 Å². The summed E-state index contributed by atoms with van der Waals surface area (Å²) in [5, 5.41) is 3.74. The van der Waals surface area contributed by atoms with Crippen molar-refractivity contribution in [1.29, 1.82) is 0 Å². The van der Waals surface area contributed by atoms with Crippen LogP contribution in [0.5, 0.6) is 0 Å². The van der Waals surface area contributed by atoms with Crippen molar-refractivity contribution < 1.29 is 4.74 Å². The molecule has 3 heteroatoms. The monoisotopic (exact) mass is 298 g/mol. The molecule has 21 heavy (non-hydrogen) atoms. The smallest absolute Gasteiger partial charge is 0.0623 e. The van der Waals surface area contributed by atoms with Gasteiger partial charge >= 0.3 is 0 Å². The minimum Gasteiger partial charge on any atom is -0.379 e. The molecule has 0 aliphatic carbocycles. The van der Waals surface area contributed by atoms with Crippen LogP contribution in [0.15, 0.2) is 0 Å². The summed E-state index contributed by atoms with van der Waals surface area (Å²) in [4.78, 5) is 2.72. The number of rotatable bonds is 8. The molecular formula is C18H38N2O. The van der Waals surface area contributed by atoms with Crippen molar-refractivity contribution in [2.24, 2.45) is 0 Å². The lowest BCUT2D eigenvalue weighted by Gasteiger charge is -2.45. The van der Waals surface area contributed by atoms with Gasteiger partial charge in [-0.25, -0.2) is 0 Å². The molecule has 1 unspecified atom stereocenters. The molecule has 0 aromatic carbocycles. The van der Waals surface area contributed by atoms with Gasteiger partial charge in [-0.2, -0.15) is 0 Å². The number of nitrogens with zero attached hydrogens (tertiary/aromatic N) is 1. The molecule has 1 heterocycles. The topological polar surface area (TPSA) is 24.5 Å². The molecular weight excluding hydrogens is 260 g/mol. The summed E-state index contributed by atoms with van der Waals surface area (Å²) in [7, 11) is 1.82. The lowest BCUT2D eigenvalue weighted by Crippen LogP contribution is -2.58. The maximum atomic E-state index is 5.60. The van der Waals surface area contributed by atoms with Gasteiger partial charge < -0.3 is 10.1 Å². The lowest BCUT2D eigenvalue weighted by molar-refractivity contribution is 0.00308. The summed E-state index contributed by atoms with van der Waals surface area (Å²) in [6.07, 6.45) is 7.76. The number of hydrogen-bond donors (Lipinski definition) is 1. The highest BCUT2D eigenvalue weighted by Gasteiger charge is 2.35. The Labute approximate surface area is 132 Å². The van der Waals surface area contributed by atoms with Crippen LogP contribution >= 0.6 is 0 Å². The van der Waals surface area contributed by atoms with Crippen molar-refractivity contribution >= 4 is 0 Å². The number of ether oxygens (including phenoxy) is 1. The Morgan fingerprint density at radius 1 is 1.05 bits per heavy atom. The predicted molar refractivity (Wildman–Crippen MR) is 91.9 cm³/mol. The third kappa shape index (κ3) is 5.88. The summed E-state index contributed by atoms with van der Waals surface area (Å²) in [6, 6.07) is 0.523. The van der Waals surface area contributed by atoms with Gasteiger partial charge in [-0.1, -0.05) is 19.8 Å². The summed E-state index contributed by atoms with van der Waals surface area (Å²) < 4.78 is 5.60. The predicted octanol–water partition coefficient (Wildman–Crippen LogP) is 3.82. The van der Waals surface area contributed by atoms with Crippen molar-refractivity contribution in [1.82, 2.24) is 10.2 Å². The molecule has 0 radical (unpaired) electrons. The maximum Gasteiger partial charge on any atom is 0.0623 e. The summed E-state index contributed by atoms with van der Waals surface area (Å²) >= 11 is 0. The quantitative estimate of drug-likeness (QED) is 0.737. The zero-order chi connectivity index (χ0) is 15.9. The largest absolute Gasteiger partial charge is 0.379 e. The fourth-order valence-electron chi connectivity index (χ4n) is 3.41. The number of likely N-dealkylation sites (N-methyl/N-ethyl adjacent to an activating group) is 1. The standard InChI is InChI=1S/C18H38N2O/c1-7-19-16(12-13-17(2,3)21-6)18(4,5)20-14-10-8-9-11-15-20/h16,19H,7-15H2,1-6H3. The van der Waals surface area contributed by atoms with E-state index in [-0.39, 0.29) is 11.1 Å². The van der Waals surface area contributed by atoms with Gasteiger partial charge in [0, 0.05) is 18.7 Å². The van der Waals surface area contributed by atoms with Gasteiger partial charge in [-0.15, -0.1) is 0 Å². The minimum atomic E-state index is -0.0253. The van der Waals surface area contributed by atoms with Crippen molar-refractivity contribution in [3.05, 3.63) is 0 Å². The fourth-order valence-corrected chi connectivity index (χ4v) is 3.41. The Bertz CT molecular complexity index is 281. The normalized spacial score (nSPS) is 20.3. The average Bonchev–Trinajstić information content (AvgIpc) is 2.72. The van der Waals surface area contributed by atoms with Gasteiger partial charge in [0.05, 0.1) is 5.60 Å². The molecule has 3 nitrogen and oxygen atoms in total. The first-order valence-electron chi connectivity index (χ1n) is 8.87. The highest BCUT2D eigenvalue weighted by atomic mass is 16.5. The molecule has 1 saturated heterocycles. The molecule has 0 amide bonds. The molecule has 0 aromatic heterocycles. The molecule has 0 aromatic rings. The van der Waals surface area contributed by atoms with Crippen molar-refractivity contribution in [2.45, 2.75) is 90.3 Å². The van der Waals surface area contributed by atoms with E-state index in [1.165, 1.54) is 38.8 Å². The zero-order valence-corrected chi connectivity index (χ0v) is 15.3. The molecule has 0 spiro atoms. The van der Waals surface area contributed by atoms with Crippen molar-refractivity contribution in [3.8, 4) is 0 Å². The first kappa shape index (κ1) is 18.9. The molecule has 1 aliphatic heterocycles. The van der Waals surface area contributed by atoms with E-state index in [1.54, 1.807) is 0 Å². The summed E-state index contributed by atoms with van der Waals surface area (Å²) in [6.45, 7) is 15.0. The van der Waals surface area contributed by atoms with Gasteiger partial charge in [0.25, 0.3) is 0 Å². The molecule has 126 valence electrons. The zero-order valence-electron chi connectivity index (χ0n) is 15.3. The number of methoxy groups -OCH3 is 1. The fraction of sp³-hybridized carbons (Fsp3) is 1.00. The molecule has 1 N–H and O–H groups in total. The Morgan fingerprint density at radius 2 is 1.62 bits per heavy atom. The Morgan fingerprint density at radius 3 is 2.10 bits per heavy atom. The van der Waals surface area contributed by atoms with Crippen LogP contribution in [0.25, 0.3) is 0 Å². The number of likely N-dealkylation sites (tertiary alicyclic amines) is 1. The third-order valence-electron chi connectivity index (χ3n) is 5.31.